The van der Waals surface area contributed by atoms with E-state index in [0.717, 1.165) is 16.7 Å². The third-order valence-electron chi connectivity index (χ3n) is 4.34. The minimum atomic E-state index is -3.28. The minimum Gasteiger partial charge on any atom is -0.378 e. The summed E-state index contributed by atoms with van der Waals surface area (Å²) < 4.78 is 31.8. The maximum absolute atomic E-state index is 12.4. The number of thiazole rings is 1. The highest BCUT2D eigenvalue weighted by atomic mass is 127. The summed E-state index contributed by atoms with van der Waals surface area (Å²) in [5, 5.41) is 4.42. The fraction of sp³-hybridized carbons (Fsp3) is 0.765. The van der Waals surface area contributed by atoms with Gasteiger partial charge < -0.3 is 15.0 Å². The average Bonchev–Trinajstić information content (AvgIpc) is 2.93. The Balaban J connectivity index is 0.00000392. The van der Waals surface area contributed by atoms with Crippen LogP contribution in [0.5, 0.6) is 0 Å². The van der Waals surface area contributed by atoms with Crippen LogP contribution in [-0.2, 0) is 21.3 Å². The molecule has 0 aromatic carbocycles. The van der Waals surface area contributed by atoms with E-state index in [4.69, 9.17) is 4.74 Å². The fourth-order valence-electron chi connectivity index (χ4n) is 2.93. The summed E-state index contributed by atoms with van der Waals surface area (Å²) in [5.41, 5.74) is 1.04. The molecule has 0 aliphatic carbocycles. The molecule has 2 heterocycles. The van der Waals surface area contributed by atoms with Crippen LogP contribution >= 0.6 is 35.3 Å². The molecule has 0 bridgehead atoms. The molecule has 0 amide bonds. The monoisotopic (exact) mass is 545 g/mol. The lowest BCUT2D eigenvalue weighted by molar-refractivity contribution is 0.0904. The molecule has 8 nitrogen and oxygen atoms in total. The van der Waals surface area contributed by atoms with Gasteiger partial charge in [-0.15, -0.1) is 35.3 Å². The number of nitrogens with one attached hydrogen (secondary N) is 1. The van der Waals surface area contributed by atoms with Crippen molar-refractivity contribution < 1.29 is 13.2 Å². The summed E-state index contributed by atoms with van der Waals surface area (Å²) >= 11 is 1.68. The molecule has 1 aliphatic heterocycles. The van der Waals surface area contributed by atoms with Gasteiger partial charge in [0, 0.05) is 38.1 Å². The Labute approximate surface area is 189 Å². The molecule has 0 radical (unpaired) electrons. The van der Waals surface area contributed by atoms with Gasteiger partial charge in [-0.1, -0.05) is 0 Å². The molecule has 0 unspecified atom stereocenters. The third-order valence-corrected chi connectivity index (χ3v) is 7.25. The van der Waals surface area contributed by atoms with E-state index in [0.29, 0.717) is 32.7 Å². The Hall–Kier alpha value is -0.500. The number of guanidine groups is 1. The van der Waals surface area contributed by atoms with Gasteiger partial charge in [-0.2, -0.15) is 4.31 Å². The Kier molecular flexibility index (Phi) is 10.6. The Morgan fingerprint density at radius 2 is 1.93 bits per heavy atom. The zero-order valence-electron chi connectivity index (χ0n) is 17.3. The van der Waals surface area contributed by atoms with Gasteiger partial charge in [0.25, 0.3) is 0 Å². The van der Waals surface area contributed by atoms with Crippen molar-refractivity contribution in [2.75, 3.05) is 45.6 Å². The lowest BCUT2D eigenvalue weighted by atomic mass is 10.3. The smallest absolute Gasteiger partial charge is 0.216 e. The SMILES string of the molecule is CN=C(NCc1sc(C)nc1C)N1CCN(S(=O)(=O)CCOC(C)C)CC1.I. The second kappa shape index (κ2) is 11.6. The van der Waals surface area contributed by atoms with Gasteiger partial charge in [0.1, 0.15) is 0 Å². The largest absolute Gasteiger partial charge is 0.378 e. The van der Waals surface area contributed by atoms with Crippen molar-refractivity contribution in [3.63, 3.8) is 0 Å². The van der Waals surface area contributed by atoms with Crippen LogP contribution in [0.4, 0.5) is 0 Å². The molecule has 0 atom stereocenters. The maximum Gasteiger partial charge on any atom is 0.216 e. The Morgan fingerprint density at radius 1 is 1.29 bits per heavy atom. The van der Waals surface area contributed by atoms with Crippen molar-refractivity contribution >= 4 is 51.3 Å². The van der Waals surface area contributed by atoms with E-state index in [1.807, 2.05) is 27.7 Å². The number of sulfonamides is 1. The molecular formula is C17H32IN5O3S2. The number of aromatic nitrogens is 1. The van der Waals surface area contributed by atoms with Crippen LogP contribution in [0.2, 0.25) is 0 Å². The van der Waals surface area contributed by atoms with Crippen molar-refractivity contribution in [2.45, 2.75) is 40.3 Å². The van der Waals surface area contributed by atoms with Crippen molar-refractivity contribution in [3.05, 3.63) is 15.6 Å². The third kappa shape index (κ3) is 7.39. The van der Waals surface area contributed by atoms with Gasteiger partial charge in [0.2, 0.25) is 10.0 Å². The highest BCUT2D eigenvalue weighted by molar-refractivity contribution is 14.0. The van der Waals surface area contributed by atoms with E-state index in [1.165, 1.54) is 4.88 Å². The van der Waals surface area contributed by atoms with Gasteiger partial charge in [0.15, 0.2) is 5.96 Å². The van der Waals surface area contributed by atoms with Gasteiger partial charge in [-0.25, -0.2) is 13.4 Å². The maximum atomic E-state index is 12.4. The molecule has 1 aromatic rings. The van der Waals surface area contributed by atoms with E-state index in [2.05, 4.69) is 20.2 Å². The summed E-state index contributed by atoms with van der Waals surface area (Å²) in [6.45, 7) is 10.9. The number of hydrogen-bond acceptors (Lipinski definition) is 6. The van der Waals surface area contributed by atoms with Crippen LogP contribution < -0.4 is 5.32 Å². The number of aryl methyl sites for hydroxylation is 2. The van der Waals surface area contributed by atoms with Crippen LogP contribution in [-0.4, -0.2) is 80.3 Å². The topological polar surface area (TPSA) is 87.1 Å². The fourth-order valence-corrected chi connectivity index (χ4v) is 5.09. The van der Waals surface area contributed by atoms with Crippen LogP contribution in [0.1, 0.15) is 29.4 Å². The van der Waals surface area contributed by atoms with Gasteiger partial charge in [-0.05, 0) is 27.7 Å². The molecule has 2 rings (SSSR count). The van der Waals surface area contributed by atoms with Gasteiger partial charge >= 0.3 is 0 Å². The summed E-state index contributed by atoms with van der Waals surface area (Å²) in [6.07, 6.45) is 0.0393. The number of halogens is 1. The first kappa shape index (κ1) is 25.5. The van der Waals surface area contributed by atoms with Gasteiger partial charge in [-0.3, -0.25) is 4.99 Å². The van der Waals surface area contributed by atoms with Crippen molar-refractivity contribution in [3.8, 4) is 0 Å². The molecule has 11 heteroatoms. The summed E-state index contributed by atoms with van der Waals surface area (Å²) in [4.78, 5) is 12.1. The highest BCUT2D eigenvalue weighted by Gasteiger charge is 2.28. The normalized spacial score (nSPS) is 16.4. The van der Waals surface area contributed by atoms with E-state index < -0.39 is 10.0 Å². The molecule has 1 aliphatic rings. The van der Waals surface area contributed by atoms with Crippen LogP contribution in [0.15, 0.2) is 4.99 Å². The highest BCUT2D eigenvalue weighted by Crippen LogP contribution is 2.17. The predicted molar refractivity (Wildman–Crippen MR) is 125 cm³/mol. The summed E-state index contributed by atoms with van der Waals surface area (Å²) in [6, 6.07) is 0. The zero-order chi connectivity index (χ0) is 20.0. The molecule has 162 valence electrons. The Morgan fingerprint density at radius 3 is 2.43 bits per heavy atom. The van der Waals surface area contributed by atoms with Crippen LogP contribution in [0.25, 0.3) is 0 Å². The standard InChI is InChI=1S/C17H31N5O3S2.HI/c1-13(2)25-10-11-27(23,24)22-8-6-21(7-9-22)17(18-5)19-12-16-14(3)20-15(4)26-16;/h13H,6-12H2,1-5H3,(H,18,19);1H. The molecular weight excluding hydrogens is 513 g/mol. The lowest BCUT2D eigenvalue weighted by Crippen LogP contribution is -2.54. The molecule has 28 heavy (non-hydrogen) atoms. The molecule has 1 N–H and O–H groups in total. The number of ether oxygens (including phenoxy) is 1. The van der Waals surface area contributed by atoms with E-state index >= 15 is 0 Å². The molecule has 0 spiro atoms. The first-order valence-electron chi connectivity index (χ1n) is 9.21. The summed E-state index contributed by atoms with van der Waals surface area (Å²) in [7, 11) is -1.53. The first-order valence-corrected chi connectivity index (χ1v) is 11.6. The predicted octanol–water partition coefficient (Wildman–Crippen LogP) is 1.83. The van der Waals surface area contributed by atoms with Crippen LogP contribution in [0, 0.1) is 13.8 Å². The number of aliphatic imine (C=N–C) groups is 1. The van der Waals surface area contributed by atoms with Gasteiger partial charge in [0.05, 0.1) is 35.7 Å². The molecule has 1 fully saturated rings. The second-order valence-corrected chi connectivity index (χ2v) is 10.1. The van der Waals surface area contributed by atoms with Crippen LogP contribution in [0.3, 0.4) is 0 Å². The first-order chi connectivity index (χ1) is 12.7. The van der Waals surface area contributed by atoms with E-state index in [9.17, 15) is 8.42 Å². The molecule has 0 saturated carbocycles. The van der Waals surface area contributed by atoms with E-state index in [1.54, 1.807) is 22.7 Å². The number of rotatable bonds is 7. The molecule has 1 saturated heterocycles. The number of nitrogens with zero attached hydrogens (tertiary/aromatic N) is 4. The average molecular weight is 546 g/mol. The molecule has 1 aromatic heterocycles. The summed E-state index contributed by atoms with van der Waals surface area (Å²) in [5.74, 6) is 0.822. The lowest BCUT2D eigenvalue weighted by Gasteiger charge is -2.35. The zero-order valence-corrected chi connectivity index (χ0v) is 21.2. The number of piperazine rings is 1. The van der Waals surface area contributed by atoms with Crippen molar-refractivity contribution in [2.24, 2.45) is 4.99 Å². The van der Waals surface area contributed by atoms with E-state index in [-0.39, 0.29) is 42.4 Å². The quantitative estimate of drug-likeness (QED) is 0.320. The van der Waals surface area contributed by atoms with Crippen molar-refractivity contribution in [1.29, 1.82) is 0 Å². The van der Waals surface area contributed by atoms with Crippen molar-refractivity contribution in [1.82, 2.24) is 19.5 Å². The Bertz CT molecular complexity index is 744. The number of hydrogen-bond donors (Lipinski definition) is 1. The second-order valence-electron chi connectivity index (χ2n) is 6.76. The minimum absolute atomic E-state index is 0.